The molecule has 145 heavy (non-hydrogen) atoms. The van der Waals surface area contributed by atoms with Crippen molar-refractivity contribution in [1.82, 2.24) is 60.3 Å². The Labute approximate surface area is 876 Å². The normalized spacial score (nSPS) is 19.9. The molecule has 0 bridgehead atoms. The van der Waals surface area contributed by atoms with Crippen LogP contribution in [0.1, 0.15) is 334 Å². The number of nitrogens with one attached hydrogen (secondary N) is 3. The van der Waals surface area contributed by atoms with Crippen molar-refractivity contribution in [3.63, 3.8) is 0 Å². The van der Waals surface area contributed by atoms with Gasteiger partial charge in [0.2, 0.25) is 17.7 Å². The zero-order valence-corrected chi connectivity index (χ0v) is 93.2. The summed E-state index contributed by atoms with van der Waals surface area (Å²) in [6.07, 6.45) is 17.4. The highest BCUT2D eigenvalue weighted by Crippen LogP contribution is 2.46. The average Bonchev–Trinajstić information content (AvgIpc) is 1.67. The van der Waals surface area contributed by atoms with Crippen LogP contribution in [-0.4, -0.2) is 232 Å². The van der Waals surface area contributed by atoms with Crippen LogP contribution >= 0.6 is 34.0 Å². The van der Waals surface area contributed by atoms with E-state index in [1.807, 2.05) is 104 Å². The minimum Gasteiger partial charge on any atom is -0.455 e. The Kier molecular flexibility index (Phi) is 46.1. The molecule has 16 atom stereocenters. The van der Waals surface area contributed by atoms with Crippen molar-refractivity contribution in [1.29, 1.82) is 0 Å². The Morgan fingerprint density at radius 1 is 0.379 bits per heavy atom. The Balaban J connectivity index is 0.000000223. The van der Waals surface area contributed by atoms with Crippen LogP contribution in [0.15, 0.2) is 107 Å². The fraction of sp³-hybridized carbons (Fsp3) is 0.661. The predicted molar refractivity (Wildman–Crippen MR) is 573 cm³/mol. The molecule has 3 aromatic carbocycles. The van der Waals surface area contributed by atoms with Crippen LogP contribution in [-0.2, 0) is 76.6 Å². The van der Waals surface area contributed by atoms with E-state index < -0.39 is 36.2 Å². The van der Waals surface area contributed by atoms with E-state index in [-0.39, 0.29) is 179 Å². The van der Waals surface area contributed by atoms with Gasteiger partial charge in [-0.15, -0.1) is 34.0 Å². The number of rotatable bonds is 51. The van der Waals surface area contributed by atoms with Gasteiger partial charge in [-0.1, -0.05) is 200 Å². The number of esters is 3. The monoisotopic (exact) mass is 2060 g/mol. The maximum atomic E-state index is 14.2. The first-order valence-corrected chi connectivity index (χ1v) is 56.4. The first kappa shape index (κ1) is 118. The SMILES string of the molecule is CC(=O)O[C@H](C[C@H](C(C)C)N(C)C(=O)[C@@H](CC(=O)[C@H]1CCCC1C)C1CC1)c1nc(C(=O)N[C@@H](Cc2ccccc2)CC(C)C)cs1.CC(=O)O[C@H](C[C@H](C(C)C)N(C)C(=O)[C@@H](CC(=O)[C@H]1CCCCCN1C)C1CC1)c1nc(C(=O)N[C@@H](Cc2ccccc2)CC(C)C)cs1.CC(=O)O[C@H](C[C@H](C(C)C)N(C)C(=O)[C@@H](CC(=O)[C@H]1CN(C)CCN1C)C1CC1)c1nc(C(=O)N[C@@H](Cc2ccccc2)CC(C)C)cs1. The summed E-state index contributed by atoms with van der Waals surface area (Å²) in [6.45, 7) is 34.8. The number of ether oxygens (including phenoxy) is 3. The van der Waals surface area contributed by atoms with Gasteiger partial charge in [-0.05, 0) is 206 Å². The maximum Gasteiger partial charge on any atom is 0.303 e. The molecule has 27 nitrogen and oxygen atoms in total. The first-order chi connectivity index (χ1) is 68.9. The van der Waals surface area contributed by atoms with Crippen molar-refractivity contribution >= 4 is 105 Å². The lowest BCUT2D eigenvalue weighted by Crippen LogP contribution is -2.54. The summed E-state index contributed by atoms with van der Waals surface area (Å²) in [6, 6.07) is 29.1. The molecular weight excluding hydrogens is 1890 g/mol. The van der Waals surface area contributed by atoms with Crippen LogP contribution in [0.4, 0.5) is 0 Å². The number of ketones is 3. The van der Waals surface area contributed by atoms with Crippen LogP contribution < -0.4 is 16.0 Å². The summed E-state index contributed by atoms with van der Waals surface area (Å²) in [7, 11) is 11.5. The van der Waals surface area contributed by atoms with Crippen LogP contribution in [0.3, 0.4) is 0 Å². The maximum absolute atomic E-state index is 14.2. The van der Waals surface area contributed by atoms with Crippen LogP contribution in [0.25, 0.3) is 0 Å². The van der Waals surface area contributed by atoms with Crippen LogP contribution in [0.2, 0.25) is 0 Å². The Bertz CT molecular complexity index is 4960. The summed E-state index contributed by atoms with van der Waals surface area (Å²) in [4.78, 5) is 186. The molecule has 0 radical (unpaired) electrons. The lowest BCUT2D eigenvalue weighted by Gasteiger charge is -2.38. The summed E-state index contributed by atoms with van der Waals surface area (Å²) in [5.41, 5.74) is 4.35. The van der Waals surface area contributed by atoms with Gasteiger partial charge in [0.05, 0.1) is 12.1 Å². The number of carbonyl (C=O) groups is 12. The minimum atomic E-state index is -0.727. The van der Waals surface area contributed by atoms with Crippen molar-refractivity contribution in [2.24, 2.45) is 82.9 Å². The summed E-state index contributed by atoms with van der Waals surface area (Å²) >= 11 is 3.87. The molecule has 6 aliphatic rings. The van der Waals surface area contributed by atoms with E-state index in [2.05, 4.69) is 158 Å². The number of hydrogen-bond acceptors (Lipinski definition) is 24. The Hall–Kier alpha value is -9.33. The Morgan fingerprint density at radius 3 is 0.993 bits per heavy atom. The third-order valence-electron chi connectivity index (χ3n) is 30.2. The fourth-order valence-electron chi connectivity index (χ4n) is 21.7. The van der Waals surface area contributed by atoms with Gasteiger partial charge >= 0.3 is 17.9 Å². The highest BCUT2D eigenvalue weighted by molar-refractivity contribution is 7.10. The van der Waals surface area contributed by atoms with E-state index in [9.17, 15) is 57.5 Å². The lowest BCUT2D eigenvalue weighted by atomic mass is 9.85. The topological polar surface area (TPSA) is 327 Å². The van der Waals surface area contributed by atoms with Gasteiger partial charge in [-0.3, -0.25) is 67.3 Å². The second-order valence-electron chi connectivity index (χ2n) is 44.9. The quantitative estimate of drug-likeness (QED) is 0.0236. The highest BCUT2D eigenvalue weighted by Gasteiger charge is 2.48. The molecule has 6 aromatic rings. The molecule has 5 heterocycles. The number of carbonyl (C=O) groups excluding carboxylic acids is 12. The van der Waals surface area contributed by atoms with Crippen molar-refractivity contribution in [2.45, 2.75) is 338 Å². The van der Waals surface area contributed by atoms with E-state index in [1.54, 1.807) is 37.9 Å². The van der Waals surface area contributed by atoms with Crippen LogP contribution in [0, 0.1) is 82.9 Å². The first-order valence-electron chi connectivity index (χ1n) is 53.8. The molecule has 1 unspecified atom stereocenters. The number of benzene rings is 3. The smallest absolute Gasteiger partial charge is 0.303 e. The molecule has 3 N–H and O–H groups in total. The average molecular weight is 2060 g/mol. The Morgan fingerprint density at radius 2 is 0.697 bits per heavy atom. The molecule has 0 spiro atoms. The third kappa shape index (κ3) is 36.8. The molecule has 12 rings (SSSR count). The minimum absolute atomic E-state index is 0.000547. The number of likely N-dealkylation sites (N-methyl/N-ethyl adjacent to an activating group) is 3. The van der Waals surface area contributed by atoms with E-state index in [1.165, 1.54) is 54.8 Å². The molecule has 6 amide bonds. The van der Waals surface area contributed by atoms with Gasteiger partial charge in [0, 0.05) is 176 Å². The fourth-order valence-corrected chi connectivity index (χ4v) is 24.2. The molecular formula is C115H170N12O15S3. The summed E-state index contributed by atoms with van der Waals surface area (Å²) < 4.78 is 17.4. The van der Waals surface area contributed by atoms with Gasteiger partial charge in [-0.2, -0.15) is 0 Å². The van der Waals surface area contributed by atoms with E-state index in [4.69, 9.17) is 14.2 Å². The molecule has 30 heteroatoms. The lowest BCUT2D eigenvalue weighted by molar-refractivity contribution is -0.150. The van der Waals surface area contributed by atoms with Crippen LogP contribution in [0.5, 0.6) is 0 Å². The molecule has 3 aromatic heterocycles. The van der Waals surface area contributed by atoms with Crippen molar-refractivity contribution in [3.05, 3.63) is 156 Å². The van der Waals surface area contributed by atoms with E-state index >= 15 is 0 Å². The van der Waals surface area contributed by atoms with Gasteiger partial charge in [0.1, 0.15) is 37.9 Å². The van der Waals surface area contributed by atoms with Crippen molar-refractivity contribution in [2.75, 3.05) is 68.5 Å². The number of thiazole rings is 3. The molecule has 6 fully saturated rings. The summed E-state index contributed by atoms with van der Waals surface area (Å²) in [5, 5.41) is 16.3. The molecule has 4 aliphatic carbocycles. The zero-order chi connectivity index (χ0) is 106. The second-order valence-corrected chi connectivity index (χ2v) is 47.6. The standard InChI is InChI=1S/C39H58N4O5S.C38H57N5O5S.C38H55N3O5S/c1-25(2)20-30(21-28-14-10-8-11-15-28)40-37(46)32-24-49-38(41-32)36(48-27(5)44)23-34(26(3)4)43(7)39(47)31(29-17-18-29)22-35(45)33-16-12-9-13-19-42(33)6;1-24(2)18-29(19-27-12-10-9-11-13-27)39-36(46)31-23-49-37(40-31)35(48-26(5)44)21-32(25(3)4)43(8)38(47)30(28-14-15-28)20-34(45)33-22-41(6)16-17-42(33)7;1-23(2)18-29(19-27-13-9-8-10-14-27)39-36(44)32-22-47-37(40-32)35(46-26(6)42)21-33(24(3)4)41(7)38(45)31(28-16-17-28)20-34(43)30-15-11-12-25(30)5/h8,10-11,14-15,24-26,29-31,33-34,36H,9,12-13,16-23H2,1-7H3,(H,40,46);9-13,23-25,28-30,32-33,35H,14-22H2,1-8H3,(H,39,46);8-10,13-14,22-25,28-31,33,35H,11-12,15-21H2,1-7H3,(H,39,44)/t30-,31+,33-,34-,36-;29-,30+,32-,33-,35-;25?,29-,30+,31+,33-,35-/m111/s1. The number of likely N-dealkylation sites (tertiary alicyclic amines) is 1. The number of amides is 6. The number of aromatic nitrogens is 3. The van der Waals surface area contributed by atoms with Crippen molar-refractivity contribution in [3.8, 4) is 0 Å². The molecule has 2 saturated heterocycles. The molecule has 4 saturated carbocycles. The molecule has 2 aliphatic heterocycles. The summed E-state index contributed by atoms with van der Waals surface area (Å²) in [5.74, 6) is -0.130. The molecule has 798 valence electrons. The number of hydrogen-bond donors (Lipinski definition) is 3. The second kappa shape index (κ2) is 56.9. The van der Waals surface area contributed by atoms with Gasteiger partial charge in [0.25, 0.3) is 17.7 Å². The highest BCUT2D eigenvalue weighted by atomic mass is 32.1. The largest absolute Gasteiger partial charge is 0.455 e. The predicted octanol–water partition coefficient (Wildman–Crippen LogP) is 19.5. The zero-order valence-electron chi connectivity index (χ0n) is 90.7. The van der Waals surface area contributed by atoms with Crippen molar-refractivity contribution < 1.29 is 71.7 Å². The van der Waals surface area contributed by atoms with Gasteiger partial charge in [-0.25, -0.2) is 15.0 Å². The third-order valence-corrected chi connectivity index (χ3v) is 33.0. The number of piperazine rings is 1. The number of Topliss-reactive ketones (excluding diaryl/α,β-unsaturated/α-hetero) is 3. The van der Waals surface area contributed by atoms with Gasteiger partial charge in [0.15, 0.2) is 29.9 Å². The van der Waals surface area contributed by atoms with Gasteiger partial charge < -0.3 is 49.8 Å². The van der Waals surface area contributed by atoms with E-state index in [0.717, 1.165) is 158 Å². The number of nitrogens with zero attached hydrogens (tertiary/aromatic N) is 9. The van der Waals surface area contributed by atoms with E-state index in [0.29, 0.717) is 82.3 Å².